The van der Waals surface area contributed by atoms with E-state index < -0.39 is 50.2 Å². The summed E-state index contributed by atoms with van der Waals surface area (Å²) < 4.78 is 86.0. The average Bonchev–Trinajstić information content (AvgIpc) is 3.71. The van der Waals surface area contributed by atoms with Crippen molar-refractivity contribution in [3.63, 3.8) is 0 Å². The summed E-state index contributed by atoms with van der Waals surface area (Å²) in [4.78, 5) is 17.2. The predicted molar refractivity (Wildman–Crippen MR) is 152 cm³/mol. The number of benzene rings is 1. The van der Waals surface area contributed by atoms with E-state index in [1.165, 1.54) is 27.3 Å². The SMILES string of the molecule is CC(C)N([C@H]1CCC2=Cc3c(cnn3-c3ccc(F)cc3)C[C@]2(C(=O)c2ncc(C(F)(F)F)s2)C1)S(=O)(=O)c1cn(C)nn1. The fourth-order valence-electron chi connectivity index (χ4n) is 6.25. The van der Waals surface area contributed by atoms with E-state index in [-0.39, 0.29) is 34.2 Å². The molecule has 1 aromatic carbocycles. The fraction of sp³-hybridized carbons (Fsp3) is 0.393. The van der Waals surface area contributed by atoms with Crippen LogP contribution in [0, 0.1) is 11.2 Å². The maximum atomic E-state index is 14.4. The number of carbonyl (C=O) groups is 1. The Hall–Kier alpha value is -3.76. The summed E-state index contributed by atoms with van der Waals surface area (Å²) in [5, 5.41) is 11.5. The molecule has 2 atom stereocenters. The lowest BCUT2D eigenvalue weighted by Crippen LogP contribution is -2.52. The third-order valence-electron chi connectivity index (χ3n) is 8.11. The summed E-state index contributed by atoms with van der Waals surface area (Å²) in [7, 11) is -2.60. The summed E-state index contributed by atoms with van der Waals surface area (Å²) in [5.74, 6) is -1.02. The van der Waals surface area contributed by atoms with Crippen molar-refractivity contribution in [3.8, 4) is 5.69 Å². The molecule has 3 aromatic heterocycles. The Morgan fingerprint density at radius 2 is 1.91 bits per heavy atom. The van der Waals surface area contributed by atoms with Crippen LogP contribution in [0.3, 0.4) is 0 Å². The number of fused-ring (bicyclic) bond motifs is 2. The number of thiazole rings is 1. The molecule has 0 saturated heterocycles. The molecule has 232 valence electrons. The third-order valence-corrected chi connectivity index (χ3v) is 11.1. The zero-order valence-corrected chi connectivity index (χ0v) is 25.4. The summed E-state index contributed by atoms with van der Waals surface area (Å²) in [6, 6.07) is 4.53. The normalized spacial score (nSPS) is 20.5. The van der Waals surface area contributed by atoms with Gasteiger partial charge < -0.3 is 0 Å². The molecule has 0 bridgehead atoms. The van der Waals surface area contributed by atoms with Gasteiger partial charge >= 0.3 is 6.18 Å². The highest BCUT2D eigenvalue weighted by Crippen LogP contribution is 2.52. The van der Waals surface area contributed by atoms with Gasteiger partial charge in [0.25, 0.3) is 10.0 Å². The summed E-state index contributed by atoms with van der Waals surface area (Å²) >= 11 is 0.276. The van der Waals surface area contributed by atoms with Crippen LogP contribution in [-0.2, 0) is 29.7 Å². The van der Waals surface area contributed by atoms with Gasteiger partial charge in [-0.15, -0.1) is 16.4 Å². The highest BCUT2D eigenvalue weighted by molar-refractivity contribution is 7.89. The number of nitrogens with zero attached hydrogens (tertiary/aromatic N) is 7. The second kappa shape index (κ2) is 10.7. The minimum absolute atomic E-state index is 0.0113. The quantitative estimate of drug-likeness (QED) is 0.203. The van der Waals surface area contributed by atoms with Crippen LogP contribution in [0.5, 0.6) is 0 Å². The molecular weight excluding hydrogens is 622 g/mol. The summed E-state index contributed by atoms with van der Waals surface area (Å²) in [6.45, 7) is 3.44. The maximum absolute atomic E-state index is 14.4. The van der Waals surface area contributed by atoms with E-state index in [0.29, 0.717) is 41.6 Å². The van der Waals surface area contributed by atoms with E-state index in [0.717, 1.165) is 0 Å². The van der Waals surface area contributed by atoms with Gasteiger partial charge in [-0.05, 0) is 75.4 Å². The van der Waals surface area contributed by atoms with E-state index >= 15 is 0 Å². The van der Waals surface area contributed by atoms with E-state index in [1.807, 2.05) is 0 Å². The summed E-state index contributed by atoms with van der Waals surface area (Å²) in [5.41, 5.74) is 1.18. The average molecular weight is 650 g/mol. The Morgan fingerprint density at radius 1 is 1.18 bits per heavy atom. The standard InChI is InChI=1S/C28H27F4N7O3S2/c1-16(2)39(44(41,42)24-15-37(3)36-35-24)21-7-4-18-10-22-17(13-34-38(22)20-8-5-19(29)6-9-20)11-27(18,12-21)25(40)26-33-14-23(43-26)28(30,31)32/h5-6,8-10,13-16,21H,4,7,11-12H2,1-3H3/t21-,27-/m0/s1. The van der Waals surface area contributed by atoms with Gasteiger partial charge in [0.2, 0.25) is 10.8 Å². The predicted octanol–water partition coefficient (Wildman–Crippen LogP) is 5.08. The number of hydrogen-bond acceptors (Lipinski definition) is 8. The molecule has 0 aliphatic heterocycles. The van der Waals surface area contributed by atoms with Crippen LogP contribution < -0.4 is 0 Å². The number of Topliss-reactive ketones (excluding diaryl/α,β-unsaturated/α-hetero) is 1. The molecule has 0 amide bonds. The van der Waals surface area contributed by atoms with E-state index in [2.05, 4.69) is 20.4 Å². The first-order valence-corrected chi connectivity index (χ1v) is 16.0. The fourth-order valence-corrected chi connectivity index (χ4v) is 8.84. The lowest BCUT2D eigenvalue weighted by atomic mass is 9.61. The molecule has 0 radical (unpaired) electrons. The Bertz CT molecular complexity index is 1880. The second-order valence-electron chi connectivity index (χ2n) is 11.3. The van der Waals surface area contributed by atoms with Crippen LogP contribution in [0.1, 0.15) is 59.0 Å². The molecule has 3 heterocycles. The molecule has 1 fully saturated rings. The third kappa shape index (κ3) is 5.07. The highest BCUT2D eigenvalue weighted by Gasteiger charge is 2.53. The van der Waals surface area contributed by atoms with Crippen LogP contribution in [0.25, 0.3) is 11.8 Å². The zero-order valence-electron chi connectivity index (χ0n) is 23.8. The molecule has 2 aliphatic carbocycles. The van der Waals surface area contributed by atoms with Crippen LogP contribution in [0.15, 0.2) is 53.5 Å². The first kappa shape index (κ1) is 30.3. The monoisotopic (exact) mass is 649 g/mol. The Labute approximate surface area is 254 Å². The van der Waals surface area contributed by atoms with E-state index in [4.69, 9.17) is 0 Å². The lowest BCUT2D eigenvalue weighted by molar-refractivity contribution is -0.134. The number of aryl methyl sites for hydroxylation is 1. The molecule has 2 aliphatic rings. The van der Waals surface area contributed by atoms with Crippen molar-refractivity contribution < 1.29 is 30.8 Å². The number of halogens is 4. The molecule has 6 rings (SSSR count). The van der Waals surface area contributed by atoms with Crippen molar-refractivity contribution in [3.05, 3.63) is 75.4 Å². The lowest BCUT2D eigenvalue weighted by Gasteiger charge is -2.47. The Kier molecular flexibility index (Phi) is 7.36. The van der Waals surface area contributed by atoms with Crippen molar-refractivity contribution in [1.29, 1.82) is 0 Å². The van der Waals surface area contributed by atoms with Crippen molar-refractivity contribution >= 4 is 33.2 Å². The van der Waals surface area contributed by atoms with Crippen molar-refractivity contribution in [2.24, 2.45) is 12.5 Å². The number of sulfonamides is 1. The summed E-state index contributed by atoms with van der Waals surface area (Å²) in [6.07, 6.45) is 1.38. The molecule has 4 aromatic rings. The molecule has 16 heteroatoms. The zero-order chi connectivity index (χ0) is 31.6. The van der Waals surface area contributed by atoms with Gasteiger partial charge in [-0.1, -0.05) is 10.8 Å². The van der Waals surface area contributed by atoms with Crippen LogP contribution >= 0.6 is 11.3 Å². The number of alkyl halides is 3. The number of ketones is 1. The van der Waals surface area contributed by atoms with Gasteiger partial charge in [-0.2, -0.15) is 22.6 Å². The van der Waals surface area contributed by atoms with Gasteiger partial charge in [0.1, 0.15) is 10.7 Å². The van der Waals surface area contributed by atoms with Crippen molar-refractivity contribution in [1.82, 2.24) is 34.1 Å². The smallest absolute Gasteiger partial charge is 0.290 e. The van der Waals surface area contributed by atoms with Crippen LogP contribution in [0.4, 0.5) is 17.6 Å². The van der Waals surface area contributed by atoms with Gasteiger partial charge in [-0.3, -0.25) is 9.48 Å². The van der Waals surface area contributed by atoms with Gasteiger partial charge in [-0.25, -0.2) is 22.5 Å². The molecule has 0 N–H and O–H groups in total. The molecule has 0 unspecified atom stereocenters. The van der Waals surface area contributed by atoms with Crippen molar-refractivity contribution in [2.75, 3.05) is 0 Å². The molecular formula is C28H27F4N7O3S2. The first-order valence-electron chi connectivity index (χ1n) is 13.7. The number of aromatic nitrogens is 6. The Balaban J connectivity index is 1.45. The highest BCUT2D eigenvalue weighted by atomic mass is 32.2. The second-order valence-corrected chi connectivity index (χ2v) is 14.1. The topological polar surface area (TPSA) is 116 Å². The van der Waals surface area contributed by atoms with Crippen LogP contribution in [-0.4, -0.2) is 60.3 Å². The van der Waals surface area contributed by atoms with Gasteiger partial charge in [0.15, 0.2) is 5.01 Å². The van der Waals surface area contributed by atoms with Crippen LogP contribution in [0.2, 0.25) is 0 Å². The maximum Gasteiger partial charge on any atom is 0.427 e. The van der Waals surface area contributed by atoms with Gasteiger partial charge in [0.05, 0.1) is 35.4 Å². The minimum atomic E-state index is -4.67. The first-order chi connectivity index (χ1) is 20.7. The Morgan fingerprint density at radius 3 is 2.52 bits per heavy atom. The number of hydrogen-bond donors (Lipinski definition) is 0. The minimum Gasteiger partial charge on any atom is -0.290 e. The van der Waals surface area contributed by atoms with E-state index in [9.17, 15) is 30.8 Å². The largest absolute Gasteiger partial charge is 0.427 e. The molecule has 10 nitrogen and oxygen atoms in total. The number of allylic oxidation sites excluding steroid dienone is 1. The number of rotatable bonds is 7. The molecule has 1 saturated carbocycles. The van der Waals surface area contributed by atoms with Gasteiger partial charge in [0, 0.05) is 19.1 Å². The molecule has 44 heavy (non-hydrogen) atoms. The van der Waals surface area contributed by atoms with Crippen molar-refractivity contribution in [2.45, 2.75) is 62.8 Å². The molecule has 0 spiro atoms. The number of carbonyl (C=O) groups excluding carboxylic acids is 1. The van der Waals surface area contributed by atoms with E-state index in [1.54, 1.807) is 50.0 Å².